The van der Waals surface area contributed by atoms with E-state index in [4.69, 9.17) is 19.8 Å². The molecule has 1 saturated heterocycles. The number of fused-ring (bicyclic) bond motifs is 2. The number of rotatable bonds is 4. The molecule has 0 spiro atoms. The Morgan fingerprint density at radius 2 is 1.20 bits per heavy atom. The first-order valence-electron chi connectivity index (χ1n) is 12.2. The normalized spacial score (nSPS) is 15.7. The summed E-state index contributed by atoms with van der Waals surface area (Å²) in [6.07, 6.45) is 4.85. The van der Waals surface area contributed by atoms with Crippen molar-refractivity contribution < 1.29 is 19.8 Å². The van der Waals surface area contributed by atoms with Gasteiger partial charge in [-0.15, -0.1) is 0 Å². The molecule has 0 aliphatic carbocycles. The molecule has 6 nitrogen and oxygen atoms in total. The SMILES string of the molecule is O=C(O)C(=O)O.c1ccc(CN2CCC(CN3c4ccccc4CCc4ccccc43)CC2)cc1. The topological polar surface area (TPSA) is 81.1 Å². The smallest absolute Gasteiger partial charge is 0.414 e. The molecule has 0 radical (unpaired) electrons. The van der Waals surface area contributed by atoms with Crippen LogP contribution in [0.1, 0.15) is 29.5 Å². The summed E-state index contributed by atoms with van der Waals surface area (Å²) < 4.78 is 0. The minimum atomic E-state index is -1.82. The Morgan fingerprint density at radius 3 is 1.71 bits per heavy atom. The maximum atomic E-state index is 9.10. The van der Waals surface area contributed by atoms with Crippen LogP contribution in [0.15, 0.2) is 78.9 Å². The monoisotopic (exact) mass is 472 g/mol. The van der Waals surface area contributed by atoms with Gasteiger partial charge in [0.05, 0.1) is 0 Å². The van der Waals surface area contributed by atoms with Crippen molar-refractivity contribution in [3.63, 3.8) is 0 Å². The standard InChI is InChI=1S/C27H30N2.C2H2O4/c1-2-8-22(9-3-1)20-28-18-16-23(17-19-28)21-29-26-12-6-4-10-24(26)14-15-25-11-5-7-13-27(25)29;3-1(4)2(5)6/h1-13,23H,14-21H2;(H,3,4)(H,5,6). The number of hydrogen-bond acceptors (Lipinski definition) is 4. The van der Waals surface area contributed by atoms with Gasteiger partial charge in [-0.3, -0.25) is 4.90 Å². The summed E-state index contributed by atoms with van der Waals surface area (Å²) >= 11 is 0. The van der Waals surface area contributed by atoms with Crippen LogP contribution in [0.4, 0.5) is 11.4 Å². The van der Waals surface area contributed by atoms with Gasteiger partial charge in [0.2, 0.25) is 0 Å². The molecule has 0 amide bonds. The Labute approximate surface area is 206 Å². The number of nitrogens with zero attached hydrogens (tertiary/aromatic N) is 2. The fraction of sp³-hybridized carbons (Fsp3) is 0.310. The first-order chi connectivity index (χ1) is 17.0. The lowest BCUT2D eigenvalue weighted by atomic mass is 9.95. The van der Waals surface area contributed by atoms with Crippen LogP contribution < -0.4 is 4.90 Å². The van der Waals surface area contributed by atoms with Crippen molar-refractivity contribution in [2.75, 3.05) is 24.5 Å². The highest BCUT2D eigenvalue weighted by Gasteiger charge is 2.26. The second-order valence-corrected chi connectivity index (χ2v) is 9.18. The Kier molecular flexibility index (Phi) is 8.16. The summed E-state index contributed by atoms with van der Waals surface area (Å²) in [6.45, 7) is 4.63. The lowest BCUT2D eigenvalue weighted by molar-refractivity contribution is -0.159. The molecule has 0 aromatic heterocycles. The Morgan fingerprint density at radius 1 is 0.714 bits per heavy atom. The largest absolute Gasteiger partial charge is 0.473 e. The van der Waals surface area contributed by atoms with Crippen molar-refractivity contribution >= 4 is 23.3 Å². The molecule has 0 saturated carbocycles. The number of para-hydroxylation sites is 2. The summed E-state index contributed by atoms with van der Waals surface area (Å²) in [7, 11) is 0. The number of piperidine rings is 1. The average molecular weight is 473 g/mol. The van der Waals surface area contributed by atoms with E-state index < -0.39 is 11.9 Å². The average Bonchev–Trinajstić information content (AvgIpc) is 3.03. The Bertz CT molecular complexity index is 1080. The molecule has 35 heavy (non-hydrogen) atoms. The van der Waals surface area contributed by atoms with E-state index >= 15 is 0 Å². The van der Waals surface area contributed by atoms with Crippen LogP contribution in [0.25, 0.3) is 0 Å². The predicted molar refractivity (Wildman–Crippen MR) is 137 cm³/mol. The van der Waals surface area contributed by atoms with Gasteiger partial charge in [0, 0.05) is 24.5 Å². The molecule has 2 N–H and O–H groups in total. The fourth-order valence-electron chi connectivity index (χ4n) is 4.99. The lowest BCUT2D eigenvalue weighted by Gasteiger charge is -2.36. The third-order valence-electron chi connectivity index (χ3n) is 6.81. The molecule has 2 aliphatic heterocycles. The number of aliphatic carboxylic acids is 2. The van der Waals surface area contributed by atoms with E-state index in [0.717, 1.165) is 31.8 Å². The summed E-state index contributed by atoms with van der Waals surface area (Å²) in [4.78, 5) is 23.4. The Hall–Kier alpha value is -3.64. The van der Waals surface area contributed by atoms with Crippen LogP contribution in [-0.2, 0) is 29.0 Å². The fourth-order valence-corrected chi connectivity index (χ4v) is 4.99. The van der Waals surface area contributed by atoms with Crippen LogP contribution in [0.3, 0.4) is 0 Å². The van der Waals surface area contributed by atoms with Gasteiger partial charge in [-0.1, -0.05) is 66.7 Å². The van der Waals surface area contributed by atoms with E-state index in [2.05, 4.69) is 88.7 Å². The zero-order valence-corrected chi connectivity index (χ0v) is 19.8. The van der Waals surface area contributed by atoms with Crippen molar-refractivity contribution in [2.45, 2.75) is 32.2 Å². The number of aryl methyl sites for hydroxylation is 2. The molecule has 2 aliphatic rings. The zero-order valence-electron chi connectivity index (χ0n) is 19.8. The van der Waals surface area contributed by atoms with Crippen molar-refractivity contribution in [1.82, 2.24) is 4.90 Å². The van der Waals surface area contributed by atoms with Crippen molar-refractivity contribution in [3.8, 4) is 0 Å². The summed E-state index contributed by atoms with van der Waals surface area (Å²) in [5.41, 5.74) is 7.25. The quantitative estimate of drug-likeness (QED) is 0.521. The molecular formula is C29H32N2O4. The van der Waals surface area contributed by atoms with Crippen molar-refractivity contribution in [2.24, 2.45) is 5.92 Å². The first kappa shape index (κ1) is 24.5. The van der Waals surface area contributed by atoms with E-state index in [9.17, 15) is 0 Å². The molecule has 0 atom stereocenters. The van der Waals surface area contributed by atoms with Gasteiger partial charge >= 0.3 is 11.9 Å². The van der Waals surface area contributed by atoms with Crippen LogP contribution in [-0.4, -0.2) is 46.7 Å². The molecule has 6 heteroatoms. The van der Waals surface area contributed by atoms with E-state index in [-0.39, 0.29) is 0 Å². The van der Waals surface area contributed by atoms with Crippen LogP contribution in [0.5, 0.6) is 0 Å². The van der Waals surface area contributed by atoms with Gasteiger partial charge in [-0.25, -0.2) is 9.59 Å². The molecule has 5 rings (SSSR count). The Balaban J connectivity index is 0.000000431. The third-order valence-corrected chi connectivity index (χ3v) is 6.81. The van der Waals surface area contributed by atoms with E-state index in [0.29, 0.717) is 0 Å². The third kappa shape index (κ3) is 6.49. The number of benzene rings is 3. The molecule has 182 valence electrons. The second-order valence-electron chi connectivity index (χ2n) is 9.18. The molecule has 3 aromatic rings. The second kappa shape index (κ2) is 11.7. The highest BCUT2D eigenvalue weighted by atomic mass is 16.4. The van der Waals surface area contributed by atoms with E-state index in [1.165, 1.54) is 54.0 Å². The van der Waals surface area contributed by atoms with Crippen LogP contribution >= 0.6 is 0 Å². The predicted octanol–water partition coefficient (Wildman–Crippen LogP) is 4.99. The van der Waals surface area contributed by atoms with Gasteiger partial charge in [-0.05, 0) is 73.5 Å². The highest BCUT2D eigenvalue weighted by molar-refractivity contribution is 6.27. The van der Waals surface area contributed by atoms with E-state index in [1.54, 1.807) is 0 Å². The maximum absolute atomic E-state index is 9.10. The van der Waals surface area contributed by atoms with Gasteiger partial charge < -0.3 is 15.1 Å². The zero-order chi connectivity index (χ0) is 24.6. The summed E-state index contributed by atoms with van der Waals surface area (Å²) in [5, 5.41) is 14.8. The van der Waals surface area contributed by atoms with Crippen LogP contribution in [0, 0.1) is 5.92 Å². The minimum absolute atomic E-state index is 0.751. The number of anilines is 2. The maximum Gasteiger partial charge on any atom is 0.414 e. The molecule has 1 fully saturated rings. The van der Waals surface area contributed by atoms with Gasteiger partial charge in [0.1, 0.15) is 0 Å². The molecule has 2 heterocycles. The number of carboxylic acid groups (broad SMARTS) is 2. The van der Waals surface area contributed by atoms with E-state index in [1.807, 2.05) is 0 Å². The molecule has 0 unspecified atom stereocenters. The van der Waals surface area contributed by atoms with Gasteiger partial charge in [0.25, 0.3) is 0 Å². The number of carboxylic acids is 2. The first-order valence-corrected chi connectivity index (χ1v) is 12.2. The minimum Gasteiger partial charge on any atom is -0.473 e. The van der Waals surface area contributed by atoms with Crippen molar-refractivity contribution in [1.29, 1.82) is 0 Å². The molecule has 0 bridgehead atoms. The summed E-state index contributed by atoms with van der Waals surface area (Å²) in [5.74, 6) is -2.90. The molecular weight excluding hydrogens is 440 g/mol. The number of likely N-dealkylation sites (tertiary alicyclic amines) is 1. The van der Waals surface area contributed by atoms with Crippen molar-refractivity contribution in [3.05, 3.63) is 95.6 Å². The summed E-state index contributed by atoms with van der Waals surface area (Å²) in [6, 6.07) is 28.9. The van der Waals surface area contributed by atoms with Gasteiger partial charge in [-0.2, -0.15) is 0 Å². The van der Waals surface area contributed by atoms with Crippen LogP contribution in [0.2, 0.25) is 0 Å². The number of hydrogen-bond donors (Lipinski definition) is 2. The highest BCUT2D eigenvalue weighted by Crippen LogP contribution is 2.37. The lowest BCUT2D eigenvalue weighted by Crippen LogP contribution is -2.37. The molecule has 3 aromatic carbocycles. The van der Waals surface area contributed by atoms with Gasteiger partial charge in [0.15, 0.2) is 0 Å². The number of carbonyl (C=O) groups is 2.